The fraction of sp³-hybridized carbons (Fsp3) is 0. The number of allylic oxidation sites excluding steroid dienone is 1. The molecular formula is C10H5ClF2N6. The van der Waals surface area contributed by atoms with Crippen molar-refractivity contribution in [2.75, 3.05) is 5.32 Å². The van der Waals surface area contributed by atoms with Crippen LogP contribution in [0.2, 0.25) is 5.02 Å². The molecule has 0 saturated carbocycles. The van der Waals surface area contributed by atoms with Crippen LogP contribution in [-0.2, 0) is 0 Å². The number of anilines is 1. The predicted octanol–water partition coefficient (Wildman–Crippen LogP) is 2.11. The van der Waals surface area contributed by atoms with Crippen molar-refractivity contribution < 1.29 is 8.78 Å². The van der Waals surface area contributed by atoms with Crippen LogP contribution in [0.3, 0.4) is 0 Å². The Morgan fingerprint density at radius 2 is 2.11 bits per heavy atom. The number of nitrogens with one attached hydrogen (secondary N) is 2. The van der Waals surface area contributed by atoms with Gasteiger partial charge in [0.2, 0.25) is 5.82 Å². The van der Waals surface area contributed by atoms with Crippen LogP contribution in [0, 0.1) is 23.0 Å². The minimum absolute atomic E-state index is 0.00443. The first-order valence-electron chi connectivity index (χ1n) is 4.87. The Hall–Kier alpha value is -2.53. The molecule has 1 aromatic heterocycles. The molecule has 1 aromatic carbocycles. The highest BCUT2D eigenvalue weighted by atomic mass is 35.5. The molecule has 9 heteroatoms. The number of rotatable bonds is 3. The first kappa shape index (κ1) is 12.9. The first-order valence-corrected chi connectivity index (χ1v) is 5.24. The van der Waals surface area contributed by atoms with Crippen molar-refractivity contribution in [2.24, 2.45) is 0 Å². The van der Waals surface area contributed by atoms with Gasteiger partial charge in [-0.3, -0.25) is 0 Å². The summed E-state index contributed by atoms with van der Waals surface area (Å²) in [5.41, 5.74) is -0.469. The summed E-state index contributed by atoms with van der Waals surface area (Å²) in [5.74, 6) is -1.76. The van der Waals surface area contributed by atoms with Gasteiger partial charge in [0.15, 0.2) is 11.6 Å². The number of nitriles is 1. The maximum atomic E-state index is 13.5. The highest BCUT2D eigenvalue weighted by molar-refractivity contribution is 6.30. The first-order chi connectivity index (χ1) is 9.11. The average Bonchev–Trinajstić information content (AvgIpc) is 2.86. The number of benzene rings is 1. The summed E-state index contributed by atoms with van der Waals surface area (Å²) in [7, 11) is 0. The number of halogens is 3. The third-order valence-electron chi connectivity index (χ3n) is 2.07. The maximum absolute atomic E-state index is 13.5. The van der Waals surface area contributed by atoms with Crippen molar-refractivity contribution in [3.05, 3.63) is 40.8 Å². The number of hydrogen-bond donors (Lipinski definition) is 2. The molecule has 0 atom stereocenters. The second kappa shape index (κ2) is 5.41. The van der Waals surface area contributed by atoms with Crippen molar-refractivity contribution in [2.45, 2.75) is 0 Å². The number of H-pyrrole nitrogens is 1. The Kier molecular flexibility index (Phi) is 3.68. The Bertz CT molecular complexity index is 638. The van der Waals surface area contributed by atoms with E-state index < -0.39 is 17.3 Å². The molecule has 2 aromatic rings. The lowest BCUT2D eigenvalue weighted by atomic mass is 10.2. The van der Waals surface area contributed by atoms with Crippen molar-refractivity contribution in [1.29, 1.82) is 5.26 Å². The van der Waals surface area contributed by atoms with Gasteiger partial charge in [-0.05, 0) is 17.3 Å². The van der Waals surface area contributed by atoms with Crippen molar-refractivity contribution in [1.82, 2.24) is 20.6 Å². The van der Waals surface area contributed by atoms with Crippen LogP contribution in [0.15, 0.2) is 18.3 Å². The van der Waals surface area contributed by atoms with E-state index in [1.165, 1.54) is 0 Å². The van der Waals surface area contributed by atoms with E-state index in [0.717, 1.165) is 18.3 Å². The van der Waals surface area contributed by atoms with E-state index in [2.05, 4.69) is 25.9 Å². The second-order valence-electron chi connectivity index (χ2n) is 3.29. The van der Waals surface area contributed by atoms with E-state index in [-0.39, 0.29) is 16.4 Å². The van der Waals surface area contributed by atoms with Crippen LogP contribution < -0.4 is 5.32 Å². The summed E-state index contributed by atoms with van der Waals surface area (Å²) < 4.78 is 26.9. The molecule has 0 amide bonds. The topological polar surface area (TPSA) is 90.3 Å². The van der Waals surface area contributed by atoms with Gasteiger partial charge in [-0.15, -0.1) is 10.2 Å². The average molecular weight is 283 g/mol. The molecule has 1 heterocycles. The fourth-order valence-corrected chi connectivity index (χ4v) is 1.44. The van der Waals surface area contributed by atoms with E-state index in [4.69, 9.17) is 16.9 Å². The van der Waals surface area contributed by atoms with Gasteiger partial charge in [0.25, 0.3) is 0 Å². The van der Waals surface area contributed by atoms with Crippen LogP contribution in [0.4, 0.5) is 14.5 Å². The normalized spacial score (nSPS) is 11.2. The zero-order chi connectivity index (χ0) is 13.8. The summed E-state index contributed by atoms with van der Waals surface area (Å²) in [4.78, 5) is 0. The highest BCUT2D eigenvalue weighted by Crippen LogP contribution is 2.23. The van der Waals surface area contributed by atoms with Crippen LogP contribution in [0.1, 0.15) is 5.82 Å². The Morgan fingerprint density at radius 1 is 1.42 bits per heavy atom. The summed E-state index contributed by atoms with van der Waals surface area (Å²) in [6.45, 7) is 0. The van der Waals surface area contributed by atoms with Gasteiger partial charge in [0.05, 0.1) is 0 Å². The van der Waals surface area contributed by atoms with E-state index in [9.17, 15) is 8.78 Å². The molecule has 2 N–H and O–H groups in total. The fourth-order valence-electron chi connectivity index (χ4n) is 1.25. The van der Waals surface area contributed by atoms with Crippen molar-refractivity contribution in [3.63, 3.8) is 0 Å². The molecule has 19 heavy (non-hydrogen) atoms. The largest absolute Gasteiger partial charge is 0.356 e. The van der Waals surface area contributed by atoms with Gasteiger partial charge < -0.3 is 5.32 Å². The zero-order valence-electron chi connectivity index (χ0n) is 9.15. The van der Waals surface area contributed by atoms with Gasteiger partial charge in [0, 0.05) is 11.2 Å². The van der Waals surface area contributed by atoms with Crippen LogP contribution in [0.25, 0.3) is 5.57 Å². The van der Waals surface area contributed by atoms with E-state index in [1.54, 1.807) is 6.07 Å². The Morgan fingerprint density at radius 3 is 2.63 bits per heavy atom. The van der Waals surface area contributed by atoms with Crippen molar-refractivity contribution in [3.8, 4) is 6.07 Å². The Labute approximate surface area is 110 Å². The van der Waals surface area contributed by atoms with Crippen LogP contribution in [0.5, 0.6) is 0 Å². The summed E-state index contributed by atoms with van der Waals surface area (Å²) in [6.07, 6.45) is 1.07. The van der Waals surface area contributed by atoms with Gasteiger partial charge >= 0.3 is 0 Å². The van der Waals surface area contributed by atoms with Crippen LogP contribution in [-0.4, -0.2) is 20.6 Å². The quantitative estimate of drug-likeness (QED) is 0.842. The van der Waals surface area contributed by atoms with Gasteiger partial charge in [-0.25, -0.2) is 8.78 Å². The minimum atomic E-state index is -0.883. The molecule has 0 fully saturated rings. The zero-order valence-corrected chi connectivity index (χ0v) is 9.91. The molecule has 0 spiro atoms. The number of tetrazole rings is 1. The molecule has 2 rings (SSSR count). The van der Waals surface area contributed by atoms with Crippen molar-refractivity contribution >= 4 is 22.9 Å². The lowest BCUT2D eigenvalue weighted by Crippen LogP contribution is -1.98. The molecule has 0 saturated heterocycles. The number of aromatic nitrogens is 4. The Balaban J connectivity index is 2.30. The summed E-state index contributed by atoms with van der Waals surface area (Å²) in [5, 5.41) is 23.7. The lowest BCUT2D eigenvalue weighted by Gasteiger charge is -2.05. The lowest BCUT2D eigenvalue weighted by molar-refractivity contribution is 0.591. The molecule has 6 nitrogen and oxygen atoms in total. The van der Waals surface area contributed by atoms with Gasteiger partial charge in [-0.1, -0.05) is 11.6 Å². The molecule has 0 aliphatic rings. The molecule has 0 unspecified atom stereocenters. The molecule has 0 aliphatic carbocycles. The summed E-state index contributed by atoms with van der Waals surface area (Å²) in [6, 6.07) is 3.66. The highest BCUT2D eigenvalue weighted by Gasteiger charge is 2.11. The minimum Gasteiger partial charge on any atom is -0.356 e. The van der Waals surface area contributed by atoms with Gasteiger partial charge in [-0.2, -0.15) is 10.5 Å². The monoisotopic (exact) mass is 282 g/mol. The summed E-state index contributed by atoms with van der Waals surface area (Å²) >= 11 is 5.49. The molecular weight excluding hydrogens is 278 g/mol. The molecule has 0 aliphatic heterocycles. The van der Waals surface area contributed by atoms with E-state index >= 15 is 0 Å². The molecule has 0 bridgehead atoms. The molecule has 96 valence electrons. The van der Waals surface area contributed by atoms with Crippen LogP contribution >= 0.6 is 11.6 Å². The number of hydrogen-bond acceptors (Lipinski definition) is 5. The SMILES string of the molecule is N#CC(=CNc1c(F)cc(Cl)cc1F)c1nn[nH]n1. The van der Waals surface area contributed by atoms with Gasteiger partial charge in [0.1, 0.15) is 17.3 Å². The smallest absolute Gasteiger partial charge is 0.216 e. The number of aromatic amines is 1. The third-order valence-corrected chi connectivity index (χ3v) is 2.29. The maximum Gasteiger partial charge on any atom is 0.216 e. The third kappa shape index (κ3) is 2.83. The van der Waals surface area contributed by atoms with E-state index in [0.29, 0.717) is 0 Å². The standard InChI is InChI=1S/C10H5ClF2N6/c11-6-1-7(12)9(8(13)2-6)15-4-5(3-14)10-16-18-19-17-10/h1-2,4,15H,(H,16,17,18,19). The predicted molar refractivity (Wildman–Crippen MR) is 62.8 cm³/mol. The second-order valence-corrected chi connectivity index (χ2v) is 3.73. The molecule has 0 radical (unpaired) electrons. The number of nitrogens with zero attached hydrogens (tertiary/aromatic N) is 4. The van der Waals surface area contributed by atoms with E-state index in [1.807, 2.05) is 0 Å².